The summed E-state index contributed by atoms with van der Waals surface area (Å²) in [7, 11) is 0. The van der Waals surface area contributed by atoms with Gasteiger partial charge in [0.2, 0.25) is 0 Å². The van der Waals surface area contributed by atoms with Gasteiger partial charge in [-0.05, 0) is 12.8 Å². The van der Waals surface area contributed by atoms with Crippen molar-refractivity contribution in [1.82, 2.24) is 3.53 Å². The molecule has 0 aromatic heterocycles. The highest BCUT2D eigenvalue weighted by atomic mass is 127. The lowest BCUT2D eigenvalue weighted by Crippen LogP contribution is -2.19. The van der Waals surface area contributed by atoms with Gasteiger partial charge in [-0.3, -0.25) is 0 Å². The average molecular weight is 199 g/mol. The Bertz CT molecular complexity index is 61.8. The summed E-state index contributed by atoms with van der Waals surface area (Å²) < 4.78 is 2.74. The molecule has 3 heteroatoms. The van der Waals surface area contributed by atoms with Crippen molar-refractivity contribution < 1.29 is 5.11 Å². The standard InChI is InChI=1S/C3H6INO/c4-5-3(6)1-2-3/h5-6H,1-2H2. The fourth-order valence-electron chi connectivity index (χ4n) is 0.213. The molecule has 1 saturated carbocycles. The van der Waals surface area contributed by atoms with Crippen molar-refractivity contribution in [2.24, 2.45) is 0 Å². The van der Waals surface area contributed by atoms with Crippen LogP contribution in [0, 0.1) is 0 Å². The lowest BCUT2D eigenvalue weighted by molar-refractivity contribution is 0.148. The van der Waals surface area contributed by atoms with Gasteiger partial charge in [-0.2, -0.15) is 0 Å². The first-order valence-corrected chi connectivity index (χ1v) is 2.95. The minimum atomic E-state index is -0.472. The Balaban J connectivity index is 2.28. The molecule has 0 atom stereocenters. The van der Waals surface area contributed by atoms with Crippen LogP contribution in [0.4, 0.5) is 0 Å². The lowest BCUT2D eigenvalue weighted by atomic mass is 10.7. The van der Waals surface area contributed by atoms with Crippen molar-refractivity contribution in [3.8, 4) is 0 Å². The third-order valence-electron chi connectivity index (χ3n) is 0.899. The predicted octanol–water partition coefficient (Wildman–Crippen LogP) is 0.408. The molecule has 0 unspecified atom stereocenters. The minimum absolute atomic E-state index is 0.472. The van der Waals surface area contributed by atoms with Crippen molar-refractivity contribution in [1.29, 1.82) is 0 Å². The van der Waals surface area contributed by atoms with E-state index in [1.54, 1.807) is 0 Å². The monoisotopic (exact) mass is 199 g/mol. The van der Waals surface area contributed by atoms with Crippen LogP contribution >= 0.6 is 22.9 Å². The largest absolute Gasteiger partial charge is 0.375 e. The van der Waals surface area contributed by atoms with Crippen molar-refractivity contribution >= 4 is 22.9 Å². The molecule has 1 fully saturated rings. The Kier molecular flexibility index (Phi) is 1.05. The van der Waals surface area contributed by atoms with E-state index in [4.69, 9.17) is 5.11 Å². The summed E-state index contributed by atoms with van der Waals surface area (Å²) in [4.78, 5) is 0. The van der Waals surface area contributed by atoms with Gasteiger partial charge in [0.15, 0.2) is 0 Å². The van der Waals surface area contributed by atoms with Crippen LogP contribution in [0.2, 0.25) is 0 Å². The molecule has 0 aromatic rings. The number of halogens is 1. The Morgan fingerprint density at radius 1 is 1.67 bits per heavy atom. The second-order valence-corrected chi connectivity index (χ2v) is 2.17. The van der Waals surface area contributed by atoms with Crippen LogP contribution in [0.25, 0.3) is 0 Å². The Morgan fingerprint density at radius 3 is 2.17 bits per heavy atom. The first kappa shape index (κ1) is 4.80. The zero-order chi connectivity index (χ0) is 4.62. The Hall–Kier alpha value is 0.650. The summed E-state index contributed by atoms with van der Waals surface area (Å²) in [6, 6.07) is 0. The van der Waals surface area contributed by atoms with E-state index in [0.717, 1.165) is 12.8 Å². The maximum atomic E-state index is 8.82. The topological polar surface area (TPSA) is 32.3 Å². The van der Waals surface area contributed by atoms with E-state index in [0.29, 0.717) is 0 Å². The molecule has 0 radical (unpaired) electrons. The van der Waals surface area contributed by atoms with Gasteiger partial charge in [-0.25, -0.2) is 3.53 Å². The highest BCUT2D eigenvalue weighted by molar-refractivity contribution is 14.1. The van der Waals surface area contributed by atoms with E-state index in [-0.39, 0.29) is 0 Å². The molecule has 6 heavy (non-hydrogen) atoms. The molecule has 0 amide bonds. The first-order valence-electron chi connectivity index (χ1n) is 1.87. The van der Waals surface area contributed by atoms with Crippen molar-refractivity contribution in [2.75, 3.05) is 0 Å². The summed E-state index contributed by atoms with van der Waals surface area (Å²) in [6.45, 7) is 0. The third kappa shape index (κ3) is 0.828. The number of nitrogens with one attached hydrogen (secondary N) is 1. The molecular formula is C3H6INO. The molecule has 0 saturated heterocycles. The summed E-state index contributed by atoms with van der Waals surface area (Å²) >= 11 is 1.96. The average Bonchev–Trinajstić information content (AvgIpc) is 2.22. The van der Waals surface area contributed by atoms with Crippen LogP contribution in [0.5, 0.6) is 0 Å². The second-order valence-electron chi connectivity index (χ2n) is 1.63. The lowest BCUT2D eigenvalue weighted by Gasteiger charge is -1.98. The molecular weight excluding hydrogens is 193 g/mol. The van der Waals surface area contributed by atoms with Gasteiger partial charge in [-0.1, -0.05) is 0 Å². The van der Waals surface area contributed by atoms with Crippen molar-refractivity contribution in [2.45, 2.75) is 18.6 Å². The van der Waals surface area contributed by atoms with E-state index in [1.807, 2.05) is 22.9 Å². The zero-order valence-electron chi connectivity index (χ0n) is 3.24. The molecule has 0 aliphatic heterocycles. The van der Waals surface area contributed by atoms with Crippen LogP contribution in [-0.4, -0.2) is 10.8 Å². The maximum Gasteiger partial charge on any atom is 0.124 e. The molecule has 1 aliphatic carbocycles. The van der Waals surface area contributed by atoms with Crippen LogP contribution in [-0.2, 0) is 0 Å². The fourth-order valence-corrected chi connectivity index (χ4v) is 0.752. The summed E-state index contributed by atoms with van der Waals surface area (Å²) in [5.41, 5.74) is -0.472. The molecule has 1 aliphatic rings. The molecule has 0 heterocycles. The van der Waals surface area contributed by atoms with E-state index >= 15 is 0 Å². The zero-order valence-corrected chi connectivity index (χ0v) is 5.40. The molecule has 36 valence electrons. The molecule has 2 N–H and O–H groups in total. The molecule has 0 bridgehead atoms. The summed E-state index contributed by atoms with van der Waals surface area (Å²) in [5, 5.41) is 8.82. The molecule has 1 rings (SSSR count). The number of hydrogen-bond donors (Lipinski definition) is 2. The Morgan fingerprint density at radius 2 is 2.17 bits per heavy atom. The highest BCUT2D eigenvalue weighted by Gasteiger charge is 2.38. The van der Waals surface area contributed by atoms with Gasteiger partial charge in [0.05, 0.1) is 0 Å². The van der Waals surface area contributed by atoms with Gasteiger partial charge in [-0.15, -0.1) is 0 Å². The van der Waals surface area contributed by atoms with E-state index in [1.165, 1.54) is 0 Å². The van der Waals surface area contributed by atoms with Crippen molar-refractivity contribution in [3.05, 3.63) is 0 Å². The number of aliphatic hydroxyl groups is 1. The highest BCUT2D eigenvalue weighted by Crippen LogP contribution is 2.32. The van der Waals surface area contributed by atoms with Gasteiger partial charge < -0.3 is 5.11 Å². The SMILES string of the molecule is OC1(NI)CC1. The fraction of sp³-hybridized carbons (Fsp3) is 1.00. The number of hydrogen-bond acceptors (Lipinski definition) is 2. The van der Waals surface area contributed by atoms with Gasteiger partial charge in [0.25, 0.3) is 0 Å². The van der Waals surface area contributed by atoms with Gasteiger partial charge >= 0.3 is 0 Å². The summed E-state index contributed by atoms with van der Waals surface area (Å²) in [5.74, 6) is 0. The quantitative estimate of drug-likeness (QED) is 0.364. The smallest absolute Gasteiger partial charge is 0.124 e. The van der Waals surface area contributed by atoms with Crippen LogP contribution in [0.15, 0.2) is 0 Å². The Labute approximate surface area is 50.4 Å². The first-order chi connectivity index (χ1) is 2.77. The van der Waals surface area contributed by atoms with Gasteiger partial charge in [0, 0.05) is 22.9 Å². The van der Waals surface area contributed by atoms with Crippen LogP contribution < -0.4 is 3.53 Å². The predicted molar refractivity (Wildman–Crippen MR) is 31.3 cm³/mol. The molecule has 0 aromatic carbocycles. The normalized spacial score (nSPS) is 27.0. The van der Waals surface area contributed by atoms with Gasteiger partial charge in [0.1, 0.15) is 5.72 Å². The second kappa shape index (κ2) is 1.31. The number of rotatable bonds is 1. The third-order valence-corrected chi connectivity index (χ3v) is 1.90. The minimum Gasteiger partial charge on any atom is -0.375 e. The van der Waals surface area contributed by atoms with Crippen LogP contribution in [0.3, 0.4) is 0 Å². The van der Waals surface area contributed by atoms with E-state index in [2.05, 4.69) is 3.53 Å². The summed E-state index contributed by atoms with van der Waals surface area (Å²) in [6.07, 6.45) is 1.83. The maximum absolute atomic E-state index is 8.82. The molecule has 0 spiro atoms. The van der Waals surface area contributed by atoms with E-state index in [9.17, 15) is 0 Å². The van der Waals surface area contributed by atoms with Crippen molar-refractivity contribution in [3.63, 3.8) is 0 Å². The van der Waals surface area contributed by atoms with E-state index < -0.39 is 5.72 Å². The molecule has 2 nitrogen and oxygen atoms in total. The van der Waals surface area contributed by atoms with Crippen LogP contribution in [0.1, 0.15) is 12.8 Å².